The molecule has 3 nitrogen and oxygen atoms in total. The van der Waals surface area contributed by atoms with E-state index in [4.69, 9.17) is 17.0 Å². The van der Waals surface area contributed by atoms with Crippen LogP contribution in [0, 0.1) is 0 Å². The molecule has 0 aliphatic rings. The largest absolute Gasteiger partial charge is 0.497 e. The molecular weight excluding hydrogens is 288 g/mol. The van der Waals surface area contributed by atoms with Gasteiger partial charge in [0.25, 0.3) is 0 Å². The van der Waals surface area contributed by atoms with E-state index in [2.05, 4.69) is 16.4 Å². The molecule has 0 bridgehead atoms. The Morgan fingerprint density at radius 3 is 2.60 bits per heavy atom. The van der Waals surface area contributed by atoms with E-state index >= 15 is 0 Å². The molecule has 0 unspecified atom stereocenters. The maximum absolute atomic E-state index is 5.40. The minimum absolute atomic E-state index is 0.659. The summed E-state index contributed by atoms with van der Waals surface area (Å²) in [6.07, 6.45) is 0. The second-order valence-electron chi connectivity index (χ2n) is 4.17. The van der Waals surface area contributed by atoms with Crippen LogP contribution in [-0.4, -0.2) is 17.1 Å². The van der Waals surface area contributed by atoms with Crippen molar-refractivity contribution in [3.8, 4) is 5.75 Å². The fraction of sp³-hybridized carbons (Fsp3) is 0.0667. The molecule has 0 saturated heterocycles. The first-order chi connectivity index (χ1) is 9.76. The highest BCUT2D eigenvalue weighted by molar-refractivity contribution is 7.81. The van der Waals surface area contributed by atoms with Crippen LogP contribution in [0.2, 0.25) is 0 Å². The lowest BCUT2D eigenvalue weighted by atomic mass is 10.2. The fourth-order valence-electron chi connectivity index (χ4n) is 1.84. The van der Waals surface area contributed by atoms with Crippen molar-refractivity contribution in [2.75, 3.05) is 12.4 Å². The number of thiocarbonyl (C=S) groups is 1. The molecule has 0 fully saturated rings. The predicted octanol–water partition coefficient (Wildman–Crippen LogP) is 4.09. The minimum atomic E-state index is 0.659. The van der Waals surface area contributed by atoms with Gasteiger partial charge in [0.1, 0.15) is 10.7 Å². The number of ether oxygens (including phenoxy) is 1. The van der Waals surface area contributed by atoms with Gasteiger partial charge in [-0.05, 0) is 36.4 Å². The highest BCUT2D eigenvalue weighted by Crippen LogP contribution is 2.26. The first kappa shape index (κ1) is 13.0. The van der Waals surface area contributed by atoms with Crippen molar-refractivity contribution in [1.82, 2.24) is 4.98 Å². The zero-order chi connectivity index (χ0) is 13.9. The summed E-state index contributed by atoms with van der Waals surface area (Å²) in [7, 11) is 1.65. The van der Waals surface area contributed by atoms with Crippen molar-refractivity contribution in [3.05, 3.63) is 54.1 Å². The molecule has 3 rings (SSSR count). The number of hydrogen-bond donors (Lipinski definition) is 1. The van der Waals surface area contributed by atoms with Gasteiger partial charge in [-0.1, -0.05) is 35.7 Å². The predicted molar refractivity (Wildman–Crippen MR) is 87.9 cm³/mol. The quantitative estimate of drug-likeness (QED) is 0.739. The molecule has 1 heterocycles. The number of fused-ring (bicyclic) bond motifs is 1. The monoisotopic (exact) mass is 300 g/mol. The Kier molecular flexibility index (Phi) is 3.62. The molecule has 0 aliphatic heterocycles. The van der Waals surface area contributed by atoms with Crippen molar-refractivity contribution in [1.29, 1.82) is 0 Å². The van der Waals surface area contributed by atoms with Gasteiger partial charge in [0.2, 0.25) is 0 Å². The molecule has 1 aromatic heterocycles. The van der Waals surface area contributed by atoms with Crippen molar-refractivity contribution in [2.24, 2.45) is 0 Å². The SMILES string of the molecule is COc1ccc(C(=S)Nc2nc3ccccc3s2)cc1. The van der Waals surface area contributed by atoms with Crippen molar-refractivity contribution in [3.63, 3.8) is 0 Å². The topological polar surface area (TPSA) is 34.1 Å². The van der Waals surface area contributed by atoms with Gasteiger partial charge in [-0.15, -0.1) is 0 Å². The Balaban J connectivity index is 1.80. The van der Waals surface area contributed by atoms with Crippen LogP contribution in [0.15, 0.2) is 48.5 Å². The molecule has 20 heavy (non-hydrogen) atoms. The van der Waals surface area contributed by atoms with Gasteiger partial charge >= 0.3 is 0 Å². The lowest BCUT2D eigenvalue weighted by Crippen LogP contribution is -2.09. The average molecular weight is 300 g/mol. The number of nitrogens with one attached hydrogen (secondary N) is 1. The minimum Gasteiger partial charge on any atom is -0.497 e. The van der Waals surface area contributed by atoms with E-state index < -0.39 is 0 Å². The number of para-hydroxylation sites is 1. The van der Waals surface area contributed by atoms with E-state index in [1.807, 2.05) is 42.5 Å². The maximum Gasteiger partial charge on any atom is 0.188 e. The molecule has 0 spiro atoms. The van der Waals surface area contributed by atoms with Gasteiger partial charge in [-0.25, -0.2) is 4.98 Å². The molecule has 3 aromatic rings. The van der Waals surface area contributed by atoms with E-state index in [0.717, 1.165) is 26.7 Å². The Morgan fingerprint density at radius 1 is 1.15 bits per heavy atom. The summed E-state index contributed by atoms with van der Waals surface area (Å²) in [6, 6.07) is 15.7. The second kappa shape index (κ2) is 5.56. The zero-order valence-corrected chi connectivity index (χ0v) is 12.4. The third kappa shape index (κ3) is 2.64. The van der Waals surface area contributed by atoms with E-state index in [0.29, 0.717) is 4.99 Å². The summed E-state index contributed by atoms with van der Waals surface area (Å²) < 4.78 is 6.28. The van der Waals surface area contributed by atoms with E-state index in [1.54, 1.807) is 18.4 Å². The van der Waals surface area contributed by atoms with Crippen molar-refractivity contribution in [2.45, 2.75) is 0 Å². The third-order valence-corrected chi connectivity index (χ3v) is 4.16. The molecule has 0 saturated carbocycles. The van der Waals surface area contributed by atoms with Gasteiger partial charge in [-0.2, -0.15) is 0 Å². The molecule has 100 valence electrons. The summed E-state index contributed by atoms with van der Waals surface area (Å²) >= 11 is 6.99. The Morgan fingerprint density at radius 2 is 1.90 bits per heavy atom. The van der Waals surface area contributed by atoms with Gasteiger partial charge < -0.3 is 10.1 Å². The Hall–Kier alpha value is -1.98. The van der Waals surface area contributed by atoms with Gasteiger partial charge in [-0.3, -0.25) is 0 Å². The van der Waals surface area contributed by atoms with Crippen LogP contribution in [0.25, 0.3) is 10.2 Å². The molecular formula is C15H12N2OS2. The van der Waals surface area contributed by atoms with E-state index in [1.165, 1.54) is 0 Å². The number of benzene rings is 2. The number of rotatable bonds is 3. The normalized spacial score (nSPS) is 10.4. The number of nitrogens with zero attached hydrogens (tertiary/aromatic N) is 1. The van der Waals surface area contributed by atoms with Crippen LogP contribution >= 0.6 is 23.6 Å². The molecule has 1 N–H and O–H groups in total. The summed E-state index contributed by atoms with van der Waals surface area (Å²) in [4.78, 5) is 5.17. The first-order valence-corrected chi connectivity index (χ1v) is 7.30. The van der Waals surface area contributed by atoms with Crippen LogP contribution in [-0.2, 0) is 0 Å². The van der Waals surface area contributed by atoms with Crippen LogP contribution in [0.3, 0.4) is 0 Å². The standard InChI is InChI=1S/C15H12N2OS2/c1-18-11-8-6-10(7-9-11)14(19)17-15-16-12-4-2-3-5-13(12)20-15/h2-9H,1H3,(H,16,17,19). The molecule has 0 amide bonds. The molecule has 0 atom stereocenters. The summed E-state index contributed by atoms with van der Waals surface area (Å²) in [5.74, 6) is 0.816. The van der Waals surface area contributed by atoms with E-state index in [9.17, 15) is 0 Å². The first-order valence-electron chi connectivity index (χ1n) is 6.07. The highest BCUT2D eigenvalue weighted by Gasteiger charge is 2.06. The Labute approximate surface area is 126 Å². The number of methoxy groups -OCH3 is 1. The molecule has 0 radical (unpaired) electrons. The lowest BCUT2D eigenvalue weighted by molar-refractivity contribution is 0.415. The van der Waals surface area contributed by atoms with Crippen molar-refractivity contribution >= 4 is 43.9 Å². The zero-order valence-electron chi connectivity index (χ0n) is 10.8. The van der Waals surface area contributed by atoms with Gasteiger partial charge in [0.05, 0.1) is 17.3 Å². The highest BCUT2D eigenvalue weighted by atomic mass is 32.1. The summed E-state index contributed by atoms with van der Waals surface area (Å²) in [5, 5.41) is 4.00. The van der Waals surface area contributed by atoms with Crippen LogP contribution in [0.1, 0.15) is 5.56 Å². The molecule has 5 heteroatoms. The van der Waals surface area contributed by atoms with Crippen LogP contribution in [0.4, 0.5) is 5.13 Å². The third-order valence-electron chi connectivity index (χ3n) is 2.87. The van der Waals surface area contributed by atoms with Crippen molar-refractivity contribution < 1.29 is 4.74 Å². The number of anilines is 1. The second-order valence-corrected chi connectivity index (χ2v) is 5.61. The fourth-order valence-corrected chi connectivity index (χ4v) is 3.00. The lowest BCUT2D eigenvalue weighted by Gasteiger charge is -2.05. The van der Waals surface area contributed by atoms with E-state index in [-0.39, 0.29) is 0 Å². The smallest absolute Gasteiger partial charge is 0.188 e. The molecule has 0 aliphatic carbocycles. The number of thiazole rings is 1. The number of hydrogen-bond acceptors (Lipinski definition) is 4. The van der Waals surface area contributed by atoms with Crippen LogP contribution in [0.5, 0.6) is 5.75 Å². The summed E-state index contributed by atoms with van der Waals surface area (Å²) in [6.45, 7) is 0. The Bertz CT molecular complexity index is 717. The average Bonchev–Trinajstić information content (AvgIpc) is 2.89. The van der Waals surface area contributed by atoms with Gasteiger partial charge in [0.15, 0.2) is 5.13 Å². The molecule has 2 aromatic carbocycles. The maximum atomic E-state index is 5.40. The van der Waals surface area contributed by atoms with Gasteiger partial charge in [0, 0.05) is 5.56 Å². The van der Waals surface area contributed by atoms with Crippen LogP contribution < -0.4 is 10.1 Å². The number of aromatic nitrogens is 1. The summed E-state index contributed by atoms with van der Waals surface area (Å²) in [5.41, 5.74) is 1.93.